The van der Waals surface area contributed by atoms with Crippen LogP contribution in [0.15, 0.2) is 18.2 Å². The molecule has 0 aliphatic rings. The number of nitrogens with two attached hydrogens (primary N) is 1. The molecule has 0 heterocycles. The smallest absolute Gasteiger partial charge is 0.0384 e. The maximum Gasteiger partial charge on any atom is 0.0384 e. The van der Waals surface area contributed by atoms with Gasteiger partial charge in [0.15, 0.2) is 0 Å². The van der Waals surface area contributed by atoms with E-state index in [9.17, 15) is 0 Å². The Balaban J connectivity index is 3.38. The largest absolute Gasteiger partial charge is 0.398 e. The van der Waals surface area contributed by atoms with Crippen molar-refractivity contribution in [1.29, 1.82) is 0 Å². The van der Waals surface area contributed by atoms with Gasteiger partial charge >= 0.3 is 0 Å². The van der Waals surface area contributed by atoms with Gasteiger partial charge in [-0.1, -0.05) is 39.8 Å². The molecule has 1 aromatic rings. The van der Waals surface area contributed by atoms with Crippen LogP contribution in [0.5, 0.6) is 0 Å². The average Bonchev–Trinajstić information content (AvgIpc) is 2.19. The summed E-state index contributed by atoms with van der Waals surface area (Å²) in [5.41, 5.74) is 11.0. The molecule has 1 rings (SSSR count). The van der Waals surface area contributed by atoms with Crippen LogP contribution in [0, 0.1) is 0 Å². The van der Waals surface area contributed by atoms with Gasteiger partial charge in [-0.15, -0.1) is 0 Å². The van der Waals surface area contributed by atoms with Gasteiger partial charge in [0.2, 0.25) is 0 Å². The summed E-state index contributed by atoms with van der Waals surface area (Å²) in [5.74, 6) is 0.949. The number of rotatable bonds is 3. The van der Waals surface area contributed by atoms with Crippen molar-refractivity contribution in [1.82, 2.24) is 0 Å². The molecule has 0 aliphatic carbocycles. The van der Waals surface area contributed by atoms with Crippen LogP contribution in [0.3, 0.4) is 0 Å². The molecule has 16 heavy (non-hydrogen) atoms. The third kappa shape index (κ3) is 2.66. The van der Waals surface area contributed by atoms with Crippen LogP contribution in [-0.4, -0.2) is 0 Å². The minimum atomic E-state index is 0.475. The van der Waals surface area contributed by atoms with Gasteiger partial charge in [-0.25, -0.2) is 0 Å². The van der Waals surface area contributed by atoms with Crippen molar-refractivity contribution in [2.45, 2.75) is 46.5 Å². The molecule has 0 saturated carbocycles. The number of nitrogen functional groups attached to an aromatic ring is 1. The summed E-state index contributed by atoms with van der Waals surface area (Å²) in [5, 5.41) is 0. The lowest BCUT2D eigenvalue weighted by molar-refractivity contribution is 0.839. The van der Waals surface area contributed by atoms with Gasteiger partial charge in [-0.3, -0.25) is 0 Å². The first-order chi connectivity index (χ1) is 7.47. The van der Waals surface area contributed by atoms with E-state index in [-0.39, 0.29) is 0 Å². The first-order valence-corrected chi connectivity index (χ1v) is 6.03. The lowest BCUT2D eigenvalue weighted by atomic mass is 9.90. The summed E-state index contributed by atoms with van der Waals surface area (Å²) in [6.45, 7) is 10.8. The van der Waals surface area contributed by atoms with E-state index in [1.807, 2.05) is 6.92 Å². The number of hydrogen-bond acceptors (Lipinski definition) is 1. The minimum Gasteiger partial charge on any atom is -0.398 e. The van der Waals surface area contributed by atoms with Gasteiger partial charge in [0.05, 0.1) is 0 Å². The summed E-state index contributed by atoms with van der Waals surface area (Å²) in [6.07, 6.45) is 4.21. The molecule has 0 aromatic heterocycles. The Morgan fingerprint density at radius 2 is 1.44 bits per heavy atom. The van der Waals surface area contributed by atoms with E-state index in [0.717, 1.165) is 5.69 Å². The van der Waals surface area contributed by atoms with Crippen molar-refractivity contribution >= 4 is 11.8 Å². The lowest BCUT2D eigenvalue weighted by Gasteiger charge is -2.17. The van der Waals surface area contributed by atoms with Gasteiger partial charge in [0.1, 0.15) is 0 Å². The quantitative estimate of drug-likeness (QED) is 0.738. The van der Waals surface area contributed by atoms with Crippen molar-refractivity contribution in [2.24, 2.45) is 0 Å². The van der Waals surface area contributed by atoms with Gasteiger partial charge in [0.25, 0.3) is 0 Å². The van der Waals surface area contributed by atoms with Crippen molar-refractivity contribution in [3.05, 3.63) is 34.9 Å². The van der Waals surface area contributed by atoms with Crippen molar-refractivity contribution < 1.29 is 0 Å². The Morgan fingerprint density at radius 1 is 1.00 bits per heavy atom. The summed E-state index contributed by atoms with van der Waals surface area (Å²) >= 11 is 0. The summed E-state index contributed by atoms with van der Waals surface area (Å²) in [4.78, 5) is 0. The predicted molar refractivity (Wildman–Crippen MR) is 73.7 cm³/mol. The fourth-order valence-electron chi connectivity index (χ4n) is 1.97. The summed E-state index contributed by atoms with van der Waals surface area (Å²) in [7, 11) is 0. The van der Waals surface area contributed by atoms with E-state index < -0.39 is 0 Å². The summed E-state index contributed by atoms with van der Waals surface area (Å²) < 4.78 is 0. The second kappa shape index (κ2) is 5.20. The fraction of sp³-hybridized carbons (Fsp3) is 0.467. The third-order valence-corrected chi connectivity index (χ3v) is 2.87. The van der Waals surface area contributed by atoms with Crippen LogP contribution in [-0.2, 0) is 0 Å². The van der Waals surface area contributed by atoms with Gasteiger partial charge in [-0.2, -0.15) is 0 Å². The molecule has 0 bridgehead atoms. The molecule has 0 amide bonds. The number of allylic oxidation sites excluding steroid dienone is 1. The number of benzene rings is 1. The minimum absolute atomic E-state index is 0.475. The highest BCUT2D eigenvalue weighted by molar-refractivity contribution is 5.63. The molecule has 0 fully saturated rings. The normalized spacial score (nSPS) is 11.9. The highest BCUT2D eigenvalue weighted by atomic mass is 14.6. The molecule has 1 nitrogen and oxygen atoms in total. The van der Waals surface area contributed by atoms with Crippen molar-refractivity contribution in [2.75, 3.05) is 5.73 Å². The molecule has 1 aromatic carbocycles. The predicted octanol–water partition coefficient (Wildman–Crippen LogP) is 4.55. The molecular formula is C15H23N. The van der Waals surface area contributed by atoms with Crippen molar-refractivity contribution in [3.63, 3.8) is 0 Å². The molecule has 0 unspecified atom stereocenters. The Morgan fingerprint density at radius 3 is 1.75 bits per heavy atom. The van der Waals surface area contributed by atoms with E-state index in [4.69, 9.17) is 5.73 Å². The molecule has 0 saturated heterocycles. The third-order valence-electron chi connectivity index (χ3n) is 2.87. The number of anilines is 1. The van der Waals surface area contributed by atoms with Crippen LogP contribution in [0.25, 0.3) is 6.08 Å². The van der Waals surface area contributed by atoms with Crippen LogP contribution in [0.2, 0.25) is 0 Å². The molecule has 0 aliphatic heterocycles. The van der Waals surface area contributed by atoms with Gasteiger partial charge < -0.3 is 5.73 Å². The average molecular weight is 217 g/mol. The highest BCUT2D eigenvalue weighted by Gasteiger charge is 2.12. The maximum atomic E-state index is 6.23. The van der Waals surface area contributed by atoms with Crippen LogP contribution in [0.4, 0.5) is 5.69 Å². The Hall–Kier alpha value is -1.24. The highest BCUT2D eigenvalue weighted by Crippen LogP contribution is 2.31. The molecular weight excluding hydrogens is 194 g/mol. The van der Waals surface area contributed by atoms with E-state index in [0.29, 0.717) is 11.8 Å². The van der Waals surface area contributed by atoms with E-state index in [2.05, 4.69) is 52.0 Å². The van der Waals surface area contributed by atoms with Crippen molar-refractivity contribution in [3.8, 4) is 0 Å². The van der Waals surface area contributed by atoms with Gasteiger partial charge in [-0.05, 0) is 47.6 Å². The van der Waals surface area contributed by atoms with Crippen LogP contribution >= 0.6 is 0 Å². The topological polar surface area (TPSA) is 26.0 Å². The van der Waals surface area contributed by atoms with Gasteiger partial charge in [0, 0.05) is 5.69 Å². The zero-order chi connectivity index (χ0) is 12.3. The zero-order valence-electron chi connectivity index (χ0n) is 11.0. The van der Waals surface area contributed by atoms with E-state index in [1.54, 1.807) is 0 Å². The number of hydrogen-bond donors (Lipinski definition) is 1. The lowest BCUT2D eigenvalue weighted by Crippen LogP contribution is -2.03. The zero-order valence-corrected chi connectivity index (χ0v) is 11.0. The molecule has 0 radical (unpaired) electrons. The molecule has 88 valence electrons. The second-order valence-corrected chi connectivity index (χ2v) is 4.92. The Kier molecular flexibility index (Phi) is 4.17. The van der Waals surface area contributed by atoms with Crippen LogP contribution < -0.4 is 5.73 Å². The SMILES string of the molecule is CC=Cc1cc(C(C)C)c(N)c(C(C)C)c1. The first kappa shape index (κ1) is 12.8. The molecule has 2 N–H and O–H groups in total. The molecule has 0 atom stereocenters. The second-order valence-electron chi connectivity index (χ2n) is 4.92. The Labute approximate surface area is 99.4 Å². The molecule has 1 heteroatoms. The summed E-state index contributed by atoms with van der Waals surface area (Å²) in [6, 6.07) is 4.40. The monoisotopic (exact) mass is 217 g/mol. The van der Waals surface area contributed by atoms with Crippen LogP contribution in [0.1, 0.15) is 63.1 Å². The molecule has 0 spiro atoms. The maximum absolute atomic E-state index is 6.23. The Bertz CT molecular complexity index is 357. The fourth-order valence-corrected chi connectivity index (χ4v) is 1.97. The van der Waals surface area contributed by atoms with E-state index in [1.165, 1.54) is 16.7 Å². The van der Waals surface area contributed by atoms with E-state index >= 15 is 0 Å². The first-order valence-electron chi connectivity index (χ1n) is 6.03. The standard InChI is InChI=1S/C15H23N/c1-6-7-12-8-13(10(2)3)15(16)14(9-12)11(4)5/h6-11H,16H2,1-5H3.